The Bertz CT molecular complexity index is 547. The number of carbonyl (C=O) groups excluding carboxylic acids is 1. The van der Waals surface area contributed by atoms with Gasteiger partial charge in [0.2, 0.25) is 5.91 Å². The molecule has 4 nitrogen and oxygen atoms in total. The number of rotatable bonds is 6. The van der Waals surface area contributed by atoms with E-state index in [2.05, 4.69) is 17.2 Å². The Labute approximate surface area is 113 Å². The van der Waals surface area contributed by atoms with Crippen LogP contribution in [0, 0.1) is 5.92 Å². The Morgan fingerprint density at radius 3 is 3.00 bits per heavy atom. The predicted octanol–water partition coefficient (Wildman–Crippen LogP) is 2.87. The number of carbonyl (C=O) groups is 1. The summed E-state index contributed by atoms with van der Waals surface area (Å²) in [4.78, 5) is 15.0. The zero-order valence-electron chi connectivity index (χ0n) is 11.3. The Kier molecular flexibility index (Phi) is 4.58. The molecule has 1 aromatic heterocycles. The van der Waals surface area contributed by atoms with Crippen LogP contribution < -0.4 is 11.1 Å². The second-order valence-electron chi connectivity index (χ2n) is 5.05. The molecule has 0 saturated carbocycles. The lowest BCUT2D eigenvalue weighted by Gasteiger charge is -2.10. The number of benzene rings is 1. The Morgan fingerprint density at radius 1 is 1.37 bits per heavy atom. The molecule has 0 spiro atoms. The standard InChI is InChI=1S/C15H21N3O/c1-11(6-8-16)2-5-15(19)18-13-3-4-14-12(10-13)7-9-17-14/h3-4,7,9-11,17H,2,5-6,8,16H2,1H3,(H,18,19). The van der Waals surface area contributed by atoms with Crippen LogP contribution in [0.3, 0.4) is 0 Å². The van der Waals surface area contributed by atoms with Gasteiger partial charge in [0.1, 0.15) is 0 Å². The van der Waals surface area contributed by atoms with Gasteiger partial charge in [-0.25, -0.2) is 0 Å². The van der Waals surface area contributed by atoms with Crippen LogP contribution in [0.15, 0.2) is 30.5 Å². The second kappa shape index (κ2) is 6.38. The molecular formula is C15H21N3O. The van der Waals surface area contributed by atoms with E-state index < -0.39 is 0 Å². The van der Waals surface area contributed by atoms with Gasteiger partial charge in [-0.15, -0.1) is 0 Å². The SMILES string of the molecule is CC(CCN)CCC(=O)Nc1ccc2[nH]ccc2c1. The summed E-state index contributed by atoms with van der Waals surface area (Å²) in [5, 5.41) is 4.04. The monoisotopic (exact) mass is 259 g/mol. The van der Waals surface area contributed by atoms with Crippen LogP contribution in [0.4, 0.5) is 5.69 Å². The number of hydrogen-bond donors (Lipinski definition) is 3. The van der Waals surface area contributed by atoms with Crippen LogP contribution in [-0.2, 0) is 4.79 Å². The lowest BCUT2D eigenvalue weighted by atomic mass is 10.0. The van der Waals surface area contributed by atoms with Gasteiger partial charge in [0.15, 0.2) is 0 Å². The number of anilines is 1. The highest BCUT2D eigenvalue weighted by Gasteiger charge is 2.07. The van der Waals surface area contributed by atoms with Crippen molar-refractivity contribution in [2.45, 2.75) is 26.2 Å². The molecule has 19 heavy (non-hydrogen) atoms. The van der Waals surface area contributed by atoms with Crippen LogP contribution >= 0.6 is 0 Å². The number of nitrogens with one attached hydrogen (secondary N) is 2. The van der Waals surface area contributed by atoms with Crippen molar-refractivity contribution in [3.05, 3.63) is 30.5 Å². The van der Waals surface area contributed by atoms with Crippen LogP contribution in [0.5, 0.6) is 0 Å². The van der Waals surface area contributed by atoms with E-state index in [0.717, 1.165) is 29.4 Å². The summed E-state index contributed by atoms with van der Waals surface area (Å²) in [6, 6.07) is 7.86. The molecule has 1 amide bonds. The molecule has 1 aromatic carbocycles. The summed E-state index contributed by atoms with van der Waals surface area (Å²) in [5.41, 5.74) is 7.43. The highest BCUT2D eigenvalue weighted by molar-refractivity contribution is 5.93. The van der Waals surface area contributed by atoms with Crippen molar-refractivity contribution in [3.8, 4) is 0 Å². The highest BCUT2D eigenvalue weighted by atomic mass is 16.1. The van der Waals surface area contributed by atoms with E-state index in [4.69, 9.17) is 5.73 Å². The zero-order valence-corrected chi connectivity index (χ0v) is 11.3. The van der Waals surface area contributed by atoms with Gasteiger partial charge >= 0.3 is 0 Å². The molecule has 2 rings (SSSR count). The molecule has 1 heterocycles. The third-order valence-corrected chi connectivity index (χ3v) is 3.36. The van der Waals surface area contributed by atoms with Crippen LogP contribution in [0.25, 0.3) is 10.9 Å². The maximum absolute atomic E-state index is 11.8. The quantitative estimate of drug-likeness (QED) is 0.746. The van der Waals surface area contributed by atoms with Gasteiger partial charge in [-0.3, -0.25) is 4.79 Å². The van der Waals surface area contributed by atoms with Gasteiger partial charge in [-0.1, -0.05) is 6.92 Å². The summed E-state index contributed by atoms with van der Waals surface area (Å²) < 4.78 is 0. The summed E-state index contributed by atoms with van der Waals surface area (Å²) in [6.07, 6.45) is 4.30. The minimum Gasteiger partial charge on any atom is -0.361 e. The van der Waals surface area contributed by atoms with Gasteiger partial charge in [-0.05, 0) is 49.6 Å². The number of aromatic nitrogens is 1. The van der Waals surface area contributed by atoms with Gasteiger partial charge in [0.05, 0.1) is 0 Å². The van der Waals surface area contributed by atoms with E-state index in [1.807, 2.05) is 30.5 Å². The average Bonchev–Trinajstić information content (AvgIpc) is 2.84. The summed E-state index contributed by atoms with van der Waals surface area (Å²) in [6.45, 7) is 2.82. The maximum atomic E-state index is 11.8. The molecule has 102 valence electrons. The topological polar surface area (TPSA) is 70.9 Å². The molecule has 1 unspecified atom stereocenters. The average molecular weight is 259 g/mol. The lowest BCUT2D eigenvalue weighted by Crippen LogP contribution is -2.14. The lowest BCUT2D eigenvalue weighted by molar-refractivity contribution is -0.116. The van der Waals surface area contributed by atoms with Gasteiger partial charge < -0.3 is 16.0 Å². The molecule has 0 bridgehead atoms. The summed E-state index contributed by atoms with van der Waals surface area (Å²) in [7, 11) is 0. The summed E-state index contributed by atoms with van der Waals surface area (Å²) in [5.74, 6) is 0.571. The molecule has 0 saturated heterocycles. The molecule has 0 aliphatic carbocycles. The zero-order chi connectivity index (χ0) is 13.7. The fourth-order valence-corrected chi connectivity index (χ4v) is 2.16. The van der Waals surface area contributed by atoms with Crippen LogP contribution in [-0.4, -0.2) is 17.4 Å². The molecule has 0 aliphatic heterocycles. The van der Waals surface area contributed by atoms with Crippen molar-refractivity contribution in [2.75, 3.05) is 11.9 Å². The van der Waals surface area contributed by atoms with E-state index in [1.54, 1.807) is 0 Å². The largest absolute Gasteiger partial charge is 0.361 e. The molecule has 4 heteroatoms. The van der Waals surface area contributed by atoms with Crippen molar-refractivity contribution in [1.82, 2.24) is 4.98 Å². The van der Waals surface area contributed by atoms with Crippen molar-refractivity contribution in [2.24, 2.45) is 11.7 Å². The molecule has 2 aromatic rings. The number of amides is 1. The normalized spacial score (nSPS) is 12.5. The maximum Gasteiger partial charge on any atom is 0.224 e. The van der Waals surface area contributed by atoms with Gasteiger partial charge in [-0.2, -0.15) is 0 Å². The first kappa shape index (κ1) is 13.6. The minimum atomic E-state index is 0.0683. The van der Waals surface area contributed by atoms with Crippen molar-refractivity contribution in [3.63, 3.8) is 0 Å². The number of hydrogen-bond acceptors (Lipinski definition) is 2. The first-order chi connectivity index (χ1) is 9.19. The van der Waals surface area contributed by atoms with Crippen molar-refractivity contribution < 1.29 is 4.79 Å². The van der Waals surface area contributed by atoms with Crippen molar-refractivity contribution in [1.29, 1.82) is 0 Å². The van der Waals surface area contributed by atoms with E-state index >= 15 is 0 Å². The molecule has 0 radical (unpaired) electrons. The highest BCUT2D eigenvalue weighted by Crippen LogP contribution is 2.18. The third-order valence-electron chi connectivity index (χ3n) is 3.36. The van der Waals surface area contributed by atoms with E-state index in [1.165, 1.54) is 0 Å². The molecular weight excluding hydrogens is 238 g/mol. The van der Waals surface area contributed by atoms with E-state index in [9.17, 15) is 4.79 Å². The van der Waals surface area contributed by atoms with Gasteiger partial charge in [0.25, 0.3) is 0 Å². The first-order valence-electron chi connectivity index (χ1n) is 6.76. The van der Waals surface area contributed by atoms with Gasteiger partial charge in [0, 0.05) is 29.2 Å². The molecule has 0 aliphatic rings. The third kappa shape index (κ3) is 3.83. The molecule has 0 fully saturated rings. The first-order valence-corrected chi connectivity index (χ1v) is 6.76. The fourth-order valence-electron chi connectivity index (χ4n) is 2.16. The summed E-state index contributed by atoms with van der Waals surface area (Å²) >= 11 is 0. The Balaban J connectivity index is 1.87. The van der Waals surface area contributed by atoms with Crippen LogP contribution in [0.2, 0.25) is 0 Å². The number of H-pyrrole nitrogens is 1. The molecule has 1 atom stereocenters. The number of fused-ring (bicyclic) bond motifs is 1. The van der Waals surface area contributed by atoms with E-state index in [0.29, 0.717) is 18.9 Å². The fraction of sp³-hybridized carbons (Fsp3) is 0.400. The predicted molar refractivity (Wildman–Crippen MR) is 79.0 cm³/mol. The Hall–Kier alpha value is -1.81. The minimum absolute atomic E-state index is 0.0683. The Morgan fingerprint density at radius 2 is 2.21 bits per heavy atom. The number of aromatic amines is 1. The van der Waals surface area contributed by atoms with Crippen molar-refractivity contribution >= 4 is 22.5 Å². The molecule has 4 N–H and O–H groups in total. The van der Waals surface area contributed by atoms with Crippen LogP contribution in [0.1, 0.15) is 26.2 Å². The smallest absolute Gasteiger partial charge is 0.224 e. The number of nitrogens with two attached hydrogens (primary N) is 1. The van der Waals surface area contributed by atoms with E-state index in [-0.39, 0.29) is 5.91 Å². The second-order valence-corrected chi connectivity index (χ2v) is 5.05.